The zero-order valence-corrected chi connectivity index (χ0v) is 12.8. The molecule has 0 fully saturated rings. The van der Waals surface area contributed by atoms with E-state index in [1.54, 1.807) is 6.92 Å². The Morgan fingerprint density at radius 2 is 1.90 bits per heavy atom. The summed E-state index contributed by atoms with van der Waals surface area (Å²) in [5.41, 5.74) is 0.433. The maximum absolute atomic E-state index is 11.2. The molecular formula is C16H27NO3. The lowest BCUT2D eigenvalue weighted by atomic mass is 10.1. The molecule has 0 aliphatic heterocycles. The Morgan fingerprint density at radius 1 is 1.20 bits per heavy atom. The molecule has 0 N–H and O–H groups in total. The summed E-state index contributed by atoms with van der Waals surface area (Å²) in [7, 11) is 1.99. The van der Waals surface area contributed by atoms with Crippen LogP contribution in [0.3, 0.4) is 0 Å². The van der Waals surface area contributed by atoms with Crippen LogP contribution in [0, 0.1) is 0 Å². The molecule has 0 unspecified atom stereocenters. The van der Waals surface area contributed by atoms with E-state index in [0.717, 1.165) is 38.5 Å². The molecule has 0 aromatic rings. The van der Waals surface area contributed by atoms with Gasteiger partial charge in [-0.1, -0.05) is 25.2 Å². The van der Waals surface area contributed by atoms with Crippen molar-refractivity contribution in [1.82, 2.24) is 4.90 Å². The molecule has 20 heavy (non-hydrogen) atoms. The second-order valence-electron chi connectivity index (χ2n) is 4.95. The number of allylic oxidation sites excluding steroid dienone is 1. The Hall–Kier alpha value is -1.42. The molecule has 0 saturated carbocycles. The zero-order chi connectivity index (χ0) is 15.2. The molecule has 0 atom stereocenters. The summed E-state index contributed by atoms with van der Waals surface area (Å²) in [6, 6.07) is 0. The molecular weight excluding hydrogens is 254 g/mol. The lowest BCUT2D eigenvalue weighted by Gasteiger charge is -2.14. The number of carbonyl (C=O) groups is 2. The topological polar surface area (TPSA) is 46.6 Å². The molecule has 0 amide bonds. The Bertz CT molecular complexity index is 324. The maximum atomic E-state index is 11.2. The third-order valence-corrected chi connectivity index (χ3v) is 2.83. The molecule has 0 radical (unpaired) electrons. The fraction of sp³-hybridized carbons (Fsp3) is 0.625. The molecule has 114 valence electrons. The Morgan fingerprint density at radius 3 is 2.55 bits per heavy atom. The minimum atomic E-state index is -0.329. The number of likely N-dealkylation sites (N-methyl/N-ethyl adjacent to an activating group) is 1. The van der Waals surface area contributed by atoms with E-state index in [0.29, 0.717) is 25.1 Å². The van der Waals surface area contributed by atoms with Crippen LogP contribution in [-0.2, 0) is 14.3 Å². The first kappa shape index (κ1) is 18.6. The average Bonchev–Trinajstić information content (AvgIpc) is 2.41. The molecule has 0 aromatic carbocycles. The minimum Gasteiger partial charge on any atom is -0.461 e. The number of aldehydes is 1. The van der Waals surface area contributed by atoms with E-state index >= 15 is 0 Å². The van der Waals surface area contributed by atoms with Crippen LogP contribution in [0.2, 0.25) is 0 Å². The van der Waals surface area contributed by atoms with Crippen molar-refractivity contribution in [2.24, 2.45) is 0 Å². The van der Waals surface area contributed by atoms with Crippen LogP contribution >= 0.6 is 0 Å². The Kier molecular flexibility index (Phi) is 11.7. The van der Waals surface area contributed by atoms with Gasteiger partial charge in [-0.05, 0) is 33.2 Å². The normalized spacial score (nSPS) is 10.9. The highest BCUT2D eigenvalue weighted by atomic mass is 16.5. The van der Waals surface area contributed by atoms with Gasteiger partial charge >= 0.3 is 5.97 Å². The molecule has 0 saturated heterocycles. The van der Waals surface area contributed by atoms with Crippen LogP contribution in [-0.4, -0.2) is 43.9 Å². The van der Waals surface area contributed by atoms with Crippen molar-refractivity contribution in [2.75, 3.05) is 26.7 Å². The third kappa shape index (κ3) is 11.7. The van der Waals surface area contributed by atoms with Crippen LogP contribution in [0.1, 0.15) is 39.0 Å². The quantitative estimate of drug-likeness (QED) is 0.181. The maximum Gasteiger partial charge on any atom is 0.333 e. The lowest BCUT2D eigenvalue weighted by molar-refractivity contribution is -0.139. The highest BCUT2D eigenvalue weighted by Gasteiger charge is 2.03. The fourth-order valence-corrected chi connectivity index (χ4v) is 1.55. The predicted molar refractivity (Wildman–Crippen MR) is 81.6 cm³/mol. The number of esters is 1. The number of ether oxygens (including phenoxy) is 1. The largest absolute Gasteiger partial charge is 0.461 e. The van der Waals surface area contributed by atoms with Crippen molar-refractivity contribution < 1.29 is 14.3 Å². The second-order valence-corrected chi connectivity index (χ2v) is 4.95. The summed E-state index contributed by atoms with van der Waals surface area (Å²) in [6.07, 6.45) is 10.2. The minimum absolute atomic E-state index is 0.329. The number of rotatable bonds is 12. The lowest BCUT2D eigenvalue weighted by Crippen LogP contribution is -2.24. The molecule has 0 heterocycles. The summed E-state index contributed by atoms with van der Waals surface area (Å²) in [5, 5.41) is 0. The van der Waals surface area contributed by atoms with Gasteiger partial charge in [-0.15, -0.1) is 0 Å². The van der Waals surface area contributed by atoms with E-state index in [-0.39, 0.29) is 5.97 Å². The van der Waals surface area contributed by atoms with Gasteiger partial charge in [-0.3, -0.25) is 4.90 Å². The van der Waals surface area contributed by atoms with Gasteiger partial charge in [-0.2, -0.15) is 0 Å². The van der Waals surface area contributed by atoms with Gasteiger partial charge in [0.15, 0.2) is 0 Å². The molecule has 0 spiro atoms. The number of carbonyl (C=O) groups excluding carboxylic acids is 2. The molecule has 4 heteroatoms. The number of hydrogen-bond donors (Lipinski definition) is 0. The van der Waals surface area contributed by atoms with Gasteiger partial charge in [0.05, 0.1) is 0 Å². The highest BCUT2D eigenvalue weighted by molar-refractivity contribution is 5.86. The van der Waals surface area contributed by atoms with Gasteiger partial charge < -0.3 is 9.53 Å². The van der Waals surface area contributed by atoms with Gasteiger partial charge in [0.25, 0.3) is 0 Å². The molecule has 4 nitrogen and oxygen atoms in total. The molecule has 0 aliphatic carbocycles. The molecule has 0 aliphatic rings. The van der Waals surface area contributed by atoms with Crippen LogP contribution in [0.25, 0.3) is 0 Å². The standard InChI is InChI=1S/C16H27NO3/c1-15(2)16(19)20-14-12-17(3)11-9-7-5-4-6-8-10-13-18/h7,9,13H,1,4-6,8,10-12,14H2,2-3H3. The van der Waals surface area contributed by atoms with Crippen LogP contribution in [0.5, 0.6) is 0 Å². The van der Waals surface area contributed by atoms with Crippen molar-refractivity contribution in [3.05, 3.63) is 24.3 Å². The van der Waals surface area contributed by atoms with Crippen LogP contribution in [0.15, 0.2) is 24.3 Å². The highest BCUT2D eigenvalue weighted by Crippen LogP contribution is 2.02. The van der Waals surface area contributed by atoms with Gasteiger partial charge in [0.2, 0.25) is 0 Å². The number of nitrogens with zero attached hydrogens (tertiary/aromatic N) is 1. The van der Waals surface area contributed by atoms with Crippen LogP contribution < -0.4 is 0 Å². The molecule has 0 rings (SSSR count). The van der Waals surface area contributed by atoms with E-state index < -0.39 is 0 Å². The first-order valence-corrected chi connectivity index (χ1v) is 7.17. The zero-order valence-electron chi connectivity index (χ0n) is 12.8. The monoisotopic (exact) mass is 281 g/mol. The Labute approximate surface area is 122 Å². The first-order chi connectivity index (χ1) is 9.57. The van der Waals surface area contributed by atoms with Gasteiger partial charge in [0.1, 0.15) is 12.9 Å². The van der Waals surface area contributed by atoms with Crippen molar-refractivity contribution in [3.8, 4) is 0 Å². The van der Waals surface area contributed by atoms with Crippen molar-refractivity contribution in [3.63, 3.8) is 0 Å². The fourth-order valence-electron chi connectivity index (χ4n) is 1.55. The van der Waals surface area contributed by atoms with E-state index in [2.05, 4.69) is 23.6 Å². The second kappa shape index (κ2) is 12.6. The van der Waals surface area contributed by atoms with E-state index in [9.17, 15) is 9.59 Å². The van der Waals surface area contributed by atoms with Crippen molar-refractivity contribution in [1.29, 1.82) is 0 Å². The molecule has 0 bridgehead atoms. The van der Waals surface area contributed by atoms with Crippen LogP contribution in [0.4, 0.5) is 0 Å². The SMILES string of the molecule is C=C(C)C(=O)OCCN(C)CC=CCCCCCC=O. The van der Waals surface area contributed by atoms with E-state index in [1.807, 2.05) is 7.05 Å². The van der Waals surface area contributed by atoms with Gasteiger partial charge in [-0.25, -0.2) is 4.79 Å². The summed E-state index contributed by atoms with van der Waals surface area (Å²) in [5.74, 6) is -0.329. The number of unbranched alkanes of at least 4 members (excludes halogenated alkanes) is 4. The predicted octanol–water partition coefficient (Wildman–Crippen LogP) is 2.74. The summed E-state index contributed by atoms with van der Waals surface area (Å²) >= 11 is 0. The summed E-state index contributed by atoms with van der Waals surface area (Å²) in [6.45, 7) is 7.12. The smallest absolute Gasteiger partial charge is 0.333 e. The average molecular weight is 281 g/mol. The van der Waals surface area contributed by atoms with E-state index in [1.165, 1.54) is 0 Å². The summed E-state index contributed by atoms with van der Waals surface area (Å²) < 4.78 is 5.02. The number of hydrogen-bond acceptors (Lipinski definition) is 4. The van der Waals surface area contributed by atoms with E-state index in [4.69, 9.17) is 4.74 Å². The third-order valence-electron chi connectivity index (χ3n) is 2.83. The first-order valence-electron chi connectivity index (χ1n) is 7.17. The van der Waals surface area contributed by atoms with Gasteiger partial charge in [0, 0.05) is 25.1 Å². The van der Waals surface area contributed by atoms with Crippen molar-refractivity contribution >= 4 is 12.3 Å². The van der Waals surface area contributed by atoms with Crippen molar-refractivity contribution in [2.45, 2.75) is 39.0 Å². The summed E-state index contributed by atoms with van der Waals surface area (Å²) in [4.78, 5) is 23.4. The Balaban J connectivity index is 3.47. The molecule has 0 aromatic heterocycles.